The van der Waals surface area contributed by atoms with Crippen LogP contribution in [0.3, 0.4) is 0 Å². The molecule has 280 valence electrons. The number of hydrogen-bond donors (Lipinski definition) is 1. The van der Waals surface area contributed by atoms with E-state index in [9.17, 15) is 14.7 Å². The molecule has 0 aromatic heterocycles. The highest BCUT2D eigenvalue weighted by Gasteiger charge is 2.12. The van der Waals surface area contributed by atoms with Gasteiger partial charge in [-0.3, -0.25) is 9.59 Å². The first kappa shape index (κ1) is 45.9. The Morgan fingerprint density at radius 2 is 0.596 bits per heavy atom. The van der Waals surface area contributed by atoms with Gasteiger partial charge in [0.2, 0.25) is 0 Å². The van der Waals surface area contributed by atoms with Crippen LogP contribution in [-0.4, -0.2) is 36.4 Å². The summed E-state index contributed by atoms with van der Waals surface area (Å²) in [5.74, 6) is 1.15. The summed E-state index contributed by atoms with van der Waals surface area (Å²) in [4.78, 5) is 24.0. The Labute approximate surface area is 293 Å². The van der Waals surface area contributed by atoms with Crippen molar-refractivity contribution in [3.05, 3.63) is 0 Å². The van der Waals surface area contributed by atoms with E-state index in [0.717, 1.165) is 37.5 Å². The Balaban J connectivity index is 3.37. The van der Waals surface area contributed by atoms with E-state index in [1.54, 1.807) is 0 Å². The monoisotopic (exact) mass is 667 g/mol. The van der Waals surface area contributed by atoms with Crippen LogP contribution in [0.15, 0.2) is 0 Å². The van der Waals surface area contributed by atoms with Crippen molar-refractivity contribution in [2.45, 2.75) is 233 Å². The Bertz CT molecular complexity index is 661. The van der Waals surface area contributed by atoms with E-state index >= 15 is 0 Å². The zero-order valence-corrected chi connectivity index (χ0v) is 32.1. The average molecular weight is 667 g/mol. The number of rotatable bonds is 37. The van der Waals surface area contributed by atoms with Crippen LogP contribution in [0.25, 0.3) is 0 Å². The molecule has 0 aromatic rings. The highest BCUT2D eigenvalue weighted by atomic mass is 16.6. The Morgan fingerprint density at radius 3 is 0.830 bits per heavy atom. The van der Waals surface area contributed by atoms with Crippen LogP contribution in [-0.2, 0) is 19.1 Å². The first-order valence-corrected chi connectivity index (χ1v) is 20.8. The number of hydrogen-bond acceptors (Lipinski definition) is 5. The maximum Gasteiger partial charge on any atom is 0.305 e. The molecule has 0 saturated heterocycles. The van der Waals surface area contributed by atoms with Crippen LogP contribution in [0.1, 0.15) is 227 Å². The molecule has 0 heterocycles. The van der Waals surface area contributed by atoms with Crippen molar-refractivity contribution in [3.63, 3.8) is 0 Å². The number of ether oxygens (including phenoxy) is 2. The van der Waals surface area contributed by atoms with Crippen molar-refractivity contribution in [1.82, 2.24) is 0 Å². The summed E-state index contributed by atoms with van der Waals surface area (Å²) in [7, 11) is 0. The molecular weight excluding hydrogens is 584 g/mol. The van der Waals surface area contributed by atoms with E-state index in [-0.39, 0.29) is 25.2 Å². The van der Waals surface area contributed by atoms with Crippen molar-refractivity contribution in [1.29, 1.82) is 0 Å². The fourth-order valence-electron chi connectivity index (χ4n) is 6.28. The lowest BCUT2D eigenvalue weighted by Crippen LogP contribution is -2.25. The van der Waals surface area contributed by atoms with E-state index in [4.69, 9.17) is 9.47 Å². The lowest BCUT2D eigenvalue weighted by Gasteiger charge is -2.12. The van der Waals surface area contributed by atoms with Gasteiger partial charge in [0.1, 0.15) is 19.3 Å². The largest absolute Gasteiger partial charge is 0.463 e. The number of aliphatic hydroxyl groups excluding tert-OH is 1. The van der Waals surface area contributed by atoms with E-state index in [1.165, 1.54) is 161 Å². The van der Waals surface area contributed by atoms with Crippen LogP contribution in [0.5, 0.6) is 0 Å². The van der Waals surface area contributed by atoms with Gasteiger partial charge in [0.25, 0.3) is 0 Å². The summed E-state index contributed by atoms with van der Waals surface area (Å²) < 4.78 is 10.4. The van der Waals surface area contributed by atoms with E-state index in [0.29, 0.717) is 12.8 Å². The zero-order valence-electron chi connectivity index (χ0n) is 32.1. The molecule has 0 unspecified atom stereocenters. The molecular formula is C42H82O5. The standard InChI is InChI=1S/C42H82O5/c1-38(2)32-28-24-20-16-12-8-5-6-10-14-18-22-26-30-34-41(44)46-36-40(43)37-47-42(45)35-31-27-23-19-15-11-7-9-13-17-21-25-29-33-39(3)4/h38-40,43H,5-37H2,1-4H3/t40-/m1/s1. The summed E-state index contributed by atoms with van der Waals surface area (Å²) in [6.45, 7) is 9.04. The van der Waals surface area contributed by atoms with Gasteiger partial charge >= 0.3 is 11.9 Å². The van der Waals surface area contributed by atoms with Crippen molar-refractivity contribution < 1.29 is 24.2 Å². The van der Waals surface area contributed by atoms with Crippen LogP contribution < -0.4 is 0 Å². The Hall–Kier alpha value is -1.10. The molecule has 5 nitrogen and oxygen atoms in total. The fourth-order valence-corrected chi connectivity index (χ4v) is 6.28. The molecule has 0 bridgehead atoms. The lowest BCUT2D eigenvalue weighted by atomic mass is 10.0. The average Bonchev–Trinajstić information content (AvgIpc) is 3.04. The van der Waals surface area contributed by atoms with Crippen LogP contribution in [0.2, 0.25) is 0 Å². The first-order valence-electron chi connectivity index (χ1n) is 20.8. The minimum Gasteiger partial charge on any atom is -0.463 e. The van der Waals surface area contributed by atoms with Crippen LogP contribution in [0.4, 0.5) is 0 Å². The molecule has 0 rings (SSSR count). The Kier molecular flexibility index (Phi) is 35.3. The quantitative estimate of drug-likeness (QED) is 0.0527. The van der Waals surface area contributed by atoms with Gasteiger partial charge in [-0.2, -0.15) is 0 Å². The van der Waals surface area contributed by atoms with Gasteiger partial charge in [-0.1, -0.05) is 201 Å². The molecule has 0 aliphatic heterocycles. The predicted molar refractivity (Wildman–Crippen MR) is 201 cm³/mol. The number of unbranched alkanes of at least 4 members (excludes halogenated alkanes) is 25. The molecule has 0 fully saturated rings. The third-order valence-electron chi connectivity index (χ3n) is 9.45. The van der Waals surface area contributed by atoms with E-state index in [2.05, 4.69) is 27.7 Å². The minimum atomic E-state index is -0.956. The predicted octanol–water partition coefficient (Wildman–Crippen LogP) is 12.8. The second-order valence-corrected chi connectivity index (χ2v) is 15.4. The van der Waals surface area contributed by atoms with Gasteiger partial charge in [-0.15, -0.1) is 0 Å². The lowest BCUT2D eigenvalue weighted by molar-refractivity contribution is -0.152. The van der Waals surface area contributed by atoms with E-state index in [1.807, 2.05) is 0 Å². The molecule has 0 aliphatic rings. The van der Waals surface area contributed by atoms with Crippen molar-refractivity contribution >= 4 is 11.9 Å². The SMILES string of the molecule is CC(C)CCCCCCCCCCCCCCCCC(=O)OC[C@@H](O)COC(=O)CCCCCCCCCCCCCCCC(C)C. The summed E-state index contributed by atoms with van der Waals surface area (Å²) in [6, 6.07) is 0. The molecule has 5 heteroatoms. The summed E-state index contributed by atoms with van der Waals surface area (Å²) >= 11 is 0. The summed E-state index contributed by atoms with van der Waals surface area (Å²) in [6.07, 6.45) is 37.3. The summed E-state index contributed by atoms with van der Waals surface area (Å²) in [5, 5.41) is 10.0. The third kappa shape index (κ3) is 39.2. The summed E-state index contributed by atoms with van der Waals surface area (Å²) in [5.41, 5.74) is 0. The van der Waals surface area contributed by atoms with Gasteiger partial charge in [-0.05, 0) is 24.7 Å². The zero-order chi connectivity index (χ0) is 34.6. The molecule has 0 saturated carbocycles. The minimum absolute atomic E-state index is 0.109. The highest BCUT2D eigenvalue weighted by Crippen LogP contribution is 2.16. The maximum absolute atomic E-state index is 12.0. The number of carbonyl (C=O) groups excluding carboxylic acids is 2. The van der Waals surface area contributed by atoms with Crippen molar-refractivity contribution in [3.8, 4) is 0 Å². The highest BCUT2D eigenvalue weighted by molar-refractivity contribution is 5.69. The van der Waals surface area contributed by atoms with Gasteiger partial charge in [0, 0.05) is 12.8 Å². The second kappa shape index (κ2) is 36.2. The molecule has 0 aliphatic carbocycles. The molecule has 0 spiro atoms. The smallest absolute Gasteiger partial charge is 0.305 e. The van der Waals surface area contributed by atoms with Crippen LogP contribution in [0, 0.1) is 11.8 Å². The fraction of sp³-hybridized carbons (Fsp3) is 0.952. The number of carbonyl (C=O) groups is 2. The first-order chi connectivity index (χ1) is 22.8. The Morgan fingerprint density at radius 1 is 0.383 bits per heavy atom. The molecule has 47 heavy (non-hydrogen) atoms. The number of esters is 2. The van der Waals surface area contributed by atoms with Crippen molar-refractivity contribution in [2.24, 2.45) is 11.8 Å². The van der Waals surface area contributed by atoms with Gasteiger partial charge in [-0.25, -0.2) is 0 Å². The molecule has 0 radical (unpaired) electrons. The molecule has 1 atom stereocenters. The van der Waals surface area contributed by atoms with Gasteiger partial charge in [0.05, 0.1) is 0 Å². The van der Waals surface area contributed by atoms with Crippen molar-refractivity contribution in [2.75, 3.05) is 13.2 Å². The van der Waals surface area contributed by atoms with Gasteiger partial charge < -0.3 is 14.6 Å². The van der Waals surface area contributed by atoms with Gasteiger partial charge in [0.15, 0.2) is 0 Å². The van der Waals surface area contributed by atoms with Crippen LogP contribution >= 0.6 is 0 Å². The maximum atomic E-state index is 12.0. The number of aliphatic hydroxyl groups is 1. The molecule has 1 N–H and O–H groups in total. The molecule has 0 amide bonds. The topological polar surface area (TPSA) is 72.8 Å². The van der Waals surface area contributed by atoms with E-state index < -0.39 is 6.10 Å². The normalized spacial score (nSPS) is 12.2. The molecule has 0 aromatic carbocycles. The second-order valence-electron chi connectivity index (χ2n) is 15.4. The third-order valence-corrected chi connectivity index (χ3v) is 9.45.